The van der Waals surface area contributed by atoms with Gasteiger partial charge in [0.15, 0.2) is 5.12 Å². The van der Waals surface area contributed by atoms with Crippen molar-refractivity contribution in [2.24, 2.45) is 0 Å². The second-order valence-electron chi connectivity index (χ2n) is 6.38. The van der Waals surface area contributed by atoms with Gasteiger partial charge < -0.3 is 9.69 Å². The molecule has 0 spiro atoms. The number of carbonyl (C=O) groups excluding carboxylic acids is 5. The monoisotopic (exact) mass is 422 g/mol. The Morgan fingerprint density at radius 1 is 1.21 bits per heavy atom. The van der Waals surface area contributed by atoms with E-state index in [0.29, 0.717) is 30.3 Å². The van der Waals surface area contributed by atoms with Crippen molar-refractivity contribution in [3.05, 3.63) is 35.4 Å². The van der Waals surface area contributed by atoms with Crippen LogP contribution in [-0.4, -0.2) is 69.6 Å². The van der Waals surface area contributed by atoms with Gasteiger partial charge in [0.1, 0.15) is 6.29 Å². The highest BCUT2D eigenvalue weighted by atomic mass is 32.2. The fraction of sp³-hybridized carbons (Fsp3) is 0.421. The van der Waals surface area contributed by atoms with E-state index >= 15 is 0 Å². The SMILES string of the molecule is CC(=O)S[C@@H](CCCN1C(=O)c2ccccc2C1=O)C(=O)N(C)C(C=O)CS. The molecule has 0 N–H and O–H groups in total. The minimum absolute atomic E-state index is 0.155. The minimum Gasteiger partial charge on any atom is -0.334 e. The van der Waals surface area contributed by atoms with Crippen molar-refractivity contribution in [3.8, 4) is 0 Å². The zero-order valence-electron chi connectivity index (χ0n) is 15.7. The number of benzene rings is 1. The third kappa shape index (κ3) is 4.82. The number of carbonyl (C=O) groups is 5. The molecule has 28 heavy (non-hydrogen) atoms. The molecule has 2 rings (SSSR count). The summed E-state index contributed by atoms with van der Waals surface area (Å²) in [5, 5.41) is -0.916. The normalized spacial score (nSPS) is 15.2. The summed E-state index contributed by atoms with van der Waals surface area (Å²) in [6.45, 7) is 1.52. The molecule has 1 unspecified atom stereocenters. The molecule has 1 aromatic rings. The number of amides is 3. The molecule has 1 aliphatic rings. The Morgan fingerprint density at radius 3 is 2.25 bits per heavy atom. The summed E-state index contributed by atoms with van der Waals surface area (Å²) in [6.07, 6.45) is 1.29. The number of thiol groups is 1. The quantitative estimate of drug-likeness (QED) is 0.370. The molecule has 0 saturated carbocycles. The van der Waals surface area contributed by atoms with Crippen LogP contribution in [0.3, 0.4) is 0 Å². The highest BCUT2D eigenvalue weighted by Gasteiger charge is 2.35. The highest BCUT2D eigenvalue weighted by molar-refractivity contribution is 8.14. The first kappa shape index (κ1) is 22.2. The van der Waals surface area contributed by atoms with Crippen LogP contribution in [0.25, 0.3) is 0 Å². The predicted molar refractivity (Wildman–Crippen MR) is 110 cm³/mol. The van der Waals surface area contributed by atoms with Crippen LogP contribution in [0.4, 0.5) is 0 Å². The van der Waals surface area contributed by atoms with Crippen molar-refractivity contribution in [1.29, 1.82) is 0 Å². The van der Waals surface area contributed by atoms with E-state index in [2.05, 4.69) is 12.6 Å². The number of likely N-dealkylation sites (N-methyl/N-ethyl adjacent to an activating group) is 1. The van der Waals surface area contributed by atoms with Crippen molar-refractivity contribution >= 4 is 53.5 Å². The Balaban J connectivity index is 2.02. The maximum Gasteiger partial charge on any atom is 0.261 e. The fourth-order valence-corrected chi connectivity index (χ4v) is 4.24. The average molecular weight is 423 g/mol. The number of imide groups is 1. The number of aldehydes is 1. The first-order valence-electron chi connectivity index (χ1n) is 8.77. The summed E-state index contributed by atoms with van der Waals surface area (Å²) in [5.74, 6) is -0.876. The summed E-state index contributed by atoms with van der Waals surface area (Å²) in [4.78, 5) is 62.6. The van der Waals surface area contributed by atoms with E-state index in [-0.39, 0.29) is 35.1 Å². The van der Waals surface area contributed by atoms with E-state index < -0.39 is 11.3 Å². The van der Waals surface area contributed by atoms with Gasteiger partial charge in [0.2, 0.25) is 5.91 Å². The summed E-state index contributed by atoms with van der Waals surface area (Å²) in [7, 11) is 1.50. The van der Waals surface area contributed by atoms with Crippen LogP contribution in [0.2, 0.25) is 0 Å². The molecule has 0 aromatic heterocycles. The Kier molecular flexibility index (Phi) is 7.82. The van der Waals surface area contributed by atoms with Crippen LogP contribution < -0.4 is 0 Å². The Labute approximate surface area is 173 Å². The molecule has 0 radical (unpaired) electrons. The van der Waals surface area contributed by atoms with Crippen molar-refractivity contribution < 1.29 is 24.0 Å². The predicted octanol–water partition coefficient (Wildman–Crippen LogP) is 1.67. The van der Waals surface area contributed by atoms with Gasteiger partial charge >= 0.3 is 0 Å². The first-order chi connectivity index (χ1) is 13.3. The van der Waals surface area contributed by atoms with Crippen molar-refractivity contribution in [3.63, 3.8) is 0 Å². The zero-order chi connectivity index (χ0) is 20.8. The van der Waals surface area contributed by atoms with Gasteiger partial charge in [0, 0.05) is 26.3 Å². The lowest BCUT2D eigenvalue weighted by atomic mass is 10.1. The van der Waals surface area contributed by atoms with Gasteiger partial charge in [-0.15, -0.1) is 0 Å². The van der Waals surface area contributed by atoms with Gasteiger partial charge in [0.05, 0.1) is 22.4 Å². The Bertz CT molecular complexity index is 763. The lowest BCUT2D eigenvalue weighted by molar-refractivity contribution is -0.133. The maximum absolute atomic E-state index is 12.7. The summed E-state index contributed by atoms with van der Waals surface area (Å²) < 4.78 is 0. The molecule has 1 aromatic carbocycles. The second-order valence-corrected chi connectivity index (χ2v) is 8.13. The third-order valence-corrected chi connectivity index (χ3v) is 5.93. The van der Waals surface area contributed by atoms with Crippen LogP contribution in [0, 0.1) is 0 Å². The fourth-order valence-electron chi connectivity index (χ4n) is 2.96. The van der Waals surface area contributed by atoms with Gasteiger partial charge in [-0.2, -0.15) is 12.6 Å². The van der Waals surface area contributed by atoms with Crippen molar-refractivity contribution in [1.82, 2.24) is 9.80 Å². The lowest BCUT2D eigenvalue weighted by Gasteiger charge is -2.27. The largest absolute Gasteiger partial charge is 0.334 e. The number of fused-ring (bicyclic) bond motifs is 1. The lowest BCUT2D eigenvalue weighted by Crippen LogP contribution is -2.44. The molecule has 1 heterocycles. The number of rotatable bonds is 9. The molecule has 3 amide bonds. The minimum atomic E-state index is -0.694. The number of hydrogen-bond acceptors (Lipinski definition) is 7. The maximum atomic E-state index is 12.7. The average Bonchev–Trinajstić information content (AvgIpc) is 2.92. The second kappa shape index (κ2) is 9.88. The summed E-state index contributed by atoms with van der Waals surface area (Å²) in [6, 6.07) is 5.94. The summed E-state index contributed by atoms with van der Waals surface area (Å²) >= 11 is 4.95. The van der Waals surface area contributed by atoms with Crippen LogP contribution in [-0.2, 0) is 14.4 Å². The smallest absolute Gasteiger partial charge is 0.261 e. The molecule has 2 atom stereocenters. The highest BCUT2D eigenvalue weighted by Crippen LogP contribution is 2.25. The van der Waals surface area contributed by atoms with E-state index in [1.165, 1.54) is 18.9 Å². The van der Waals surface area contributed by atoms with Crippen LogP contribution in [0.1, 0.15) is 40.5 Å². The van der Waals surface area contributed by atoms with Gasteiger partial charge in [0.25, 0.3) is 11.8 Å². The van der Waals surface area contributed by atoms with E-state index in [9.17, 15) is 24.0 Å². The molecule has 0 fully saturated rings. The Hall–Kier alpha value is -2.13. The molecule has 9 heteroatoms. The van der Waals surface area contributed by atoms with Gasteiger partial charge in [-0.25, -0.2) is 0 Å². The van der Waals surface area contributed by atoms with E-state index in [0.717, 1.165) is 16.7 Å². The first-order valence-corrected chi connectivity index (χ1v) is 10.3. The van der Waals surface area contributed by atoms with Crippen LogP contribution in [0.15, 0.2) is 24.3 Å². The van der Waals surface area contributed by atoms with Gasteiger partial charge in [-0.05, 0) is 25.0 Å². The van der Waals surface area contributed by atoms with Crippen molar-refractivity contribution in [2.45, 2.75) is 31.1 Å². The van der Waals surface area contributed by atoms with Gasteiger partial charge in [-0.3, -0.25) is 24.1 Å². The summed E-state index contributed by atoms with van der Waals surface area (Å²) in [5.41, 5.74) is 0.751. The molecular formula is C19H22N2O5S2. The van der Waals surface area contributed by atoms with E-state index in [4.69, 9.17) is 0 Å². The zero-order valence-corrected chi connectivity index (χ0v) is 17.4. The molecule has 150 valence electrons. The molecule has 0 bridgehead atoms. The van der Waals surface area contributed by atoms with E-state index in [1.807, 2.05) is 0 Å². The van der Waals surface area contributed by atoms with Crippen LogP contribution in [0.5, 0.6) is 0 Å². The number of thioether (sulfide) groups is 1. The molecule has 7 nitrogen and oxygen atoms in total. The number of hydrogen-bond donors (Lipinski definition) is 1. The van der Waals surface area contributed by atoms with Gasteiger partial charge in [-0.1, -0.05) is 23.9 Å². The van der Waals surface area contributed by atoms with Crippen molar-refractivity contribution in [2.75, 3.05) is 19.3 Å². The molecule has 0 saturated heterocycles. The molecule has 1 aliphatic heterocycles. The Morgan fingerprint density at radius 2 is 1.79 bits per heavy atom. The van der Waals surface area contributed by atoms with Crippen LogP contribution >= 0.6 is 24.4 Å². The number of nitrogens with zero attached hydrogens (tertiary/aromatic N) is 2. The van der Waals surface area contributed by atoms with E-state index in [1.54, 1.807) is 24.3 Å². The molecule has 0 aliphatic carbocycles. The standard InChI is InChI=1S/C19H22N2O5S2/c1-12(23)28-16(19(26)20(2)13(10-22)11-27)8-5-9-21-17(24)14-6-3-4-7-15(14)18(21)25/h3-4,6-7,10,13,16,27H,5,8-9,11H2,1-2H3/t13?,16-/m0/s1. The topological polar surface area (TPSA) is 91.8 Å². The third-order valence-electron chi connectivity index (χ3n) is 4.50. The molecular weight excluding hydrogens is 400 g/mol.